The fourth-order valence-electron chi connectivity index (χ4n) is 3.87. The Balaban J connectivity index is 2.16. The maximum Gasteiger partial charge on any atom is 0.336 e. The summed E-state index contributed by atoms with van der Waals surface area (Å²) in [6.45, 7) is 3.10. The van der Waals surface area contributed by atoms with Crippen molar-refractivity contribution in [2.75, 3.05) is 14.2 Å². The average molecular weight is 385 g/mol. The van der Waals surface area contributed by atoms with E-state index in [2.05, 4.69) is 5.32 Å². The highest BCUT2D eigenvalue weighted by atomic mass is 16.6. The summed E-state index contributed by atoms with van der Waals surface area (Å²) in [6.07, 6.45) is 3.09. The predicted molar refractivity (Wildman–Crippen MR) is 101 cm³/mol. The summed E-state index contributed by atoms with van der Waals surface area (Å²) in [6, 6.07) is 5.05. The Morgan fingerprint density at radius 1 is 1.14 bits per heavy atom. The van der Waals surface area contributed by atoms with Gasteiger partial charge in [-0.1, -0.05) is 12.1 Å². The zero-order chi connectivity index (χ0) is 20.4. The monoisotopic (exact) mass is 385 g/mol. The van der Waals surface area contributed by atoms with E-state index in [0.717, 1.165) is 5.70 Å². The van der Waals surface area contributed by atoms with Crippen LogP contribution in [0.25, 0.3) is 0 Å². The summed E-state index contributed by atoms with van der Waals surface area (Å²) < 4.78 is 15.5. The first-order valence-corrected chi connectivity index (χ1v) is 9.02. The second-order valence-electron chi connectivity index (χ2n) is 6.78. The van der Waals surface area contributed by atoms with Crippen LogP contribution in [0.1, 0.15) is 38.2 Å². The standard InChI is InChI=1S/C21H23NO6/c1-11-18(21(25)27-4)19(20-14(22-11)6-5-7-15(20)24)13-8-9-16(28-12(2)23)17(10-13)26-3/h6,8-10,19-20,22H,5,7H2,1-4H3. The minimum atomic E-state index is -0.520. The molecular weight excluding hydrogens is 362 g/mol. The third-order valence-electron chi connectivity index (χ3n) is 5.02. The molecule has 1 aliphatic carbocycles. The molecule has 0 saturated heterocycles. The molecule has 3 rings (SSSR count). The Morgan fingerprint density at radius 2 is 1.89 bits per heavy atom. The van der Waals surface area contributed by atoms with Crippen molar-refractivity contribution in [2.45, 2.75) is 32.6 Å². The minimum Gasteiger partial charge on any atom is -0.493 e. The number of benzene rings is 1. The molecule has 28 heavy (non-hydrogen) atoms. The van der Waals surface area contributed by atoms with Gasteiger partial charge in [-0.2, -0.15) is 0 Å². The van der Waals surface area contributed by atoms with Crippen molar-refractivity contribution in [1.82, 2.24) is 5.32 Å². The third-order valence-corrected chi connectivity index (χ3v) is 5.02. The first-order chi connectivity index (χ1) is 13.4. The van der Waals surface area contributed by atoms with Crippen LogP contribution in [0.5, 0.6) is 11.5 Å². The smallest absolute Gasteiger partial charge is 0.336 e. The normalized spacial score (nSPS) is 21.3. The largest absolute Gasteiger partial charge is 0.493 e. The molecule has 0 bridgehead atoms. The van der Waals surface area contributed by atoms with Crippen LogP contribution >= 0.6 is 0 Å². The van der Waals surface area contributed by atoms with Gasteiger partial charge in [0.2, 0.25) is 0 Å². The van der Waals surface area contributed by atoms with Crippen LogP contribution in [-0.4, -0.2) is 31.9 Å². The van der Waals surface area contributed by atoms with E-state index >= 15 is 0 Å². The van der Waals surface area contributed by atoms with Crippen molar-refractivity contribution in [3.63, 3.8) is 0 Å². The van der Waals surface area contributed by atoms with E-state index < -0.39 is 23.8 Å². The van der Waals surface area contributed by atoms with Gasteiger partial charge in [0.1, 0.15) is 5.78 Å². The van der Waals surface area contributed by atoms with Gasteiger partial charge in [0.15, 0.2) is 11.5 Å². The van der Waals surface area contributed by atoms with E-state index in [1.54, 1.807) is 25.1 Å². The Morgan fingerprint density at radius 3 is 2.54 bits per heavy atom. The maximum atomic E-state index is 12.8. The summed E-state index contributed by atoms with van der Waals surface area (Å²) in [4.78, 5) is 36.7. The number of allylic oxidation sites excluding steroid dienone is 3. The quantitative estimate of drug-likeness (QED) is 0.629. The second-order valence-corrected chi connectivity index (χ2v) is 6.78. The third kappa shape index (κ3) is 3.52. The Hall–Kier alpha value is -3.09. The number of Topliss-reactive ketones (excluding diaryl/α,β-unsaturated/α-hetero) is 1. The van der Waals surface area contributed by atoms with Gasteiger partial charge < -0.3 is 19.5 Å². The van der Waals surface area contributed by atoms with Gasteiger partial charge >= 0.3 is 11.9 Å². The van der Waals surface area contributed by atoms with E-state index in [0.29, 0.717) is 35.4 Å². The van der Waals surface area contributed by atoms with Crippen molar-refractivity contribution in [3.05, 3.63) is 46.8 Å². The van der Waals surface area contributed by atoms with Crippen LogP contribution in [0.4, 0.5) is 0 Å². The number of carbonyl (C=O) groups excluding carboxylic acids is 3. The molecule has 7 nitrogen and oxygen atoms in total. The second kappa shape index (κ2) is 7.88. The molecule has 2 atom stereocenters. The maximum absolute atomic E-state index is 12.8. The molecular formula is C21H23NO6. The lowest BCUT2D eigenvalue weighted by Gasteiger charge is -2.38. The van der Waals surface area contributed by atoms with Gasteiger partial charge in [-0.05, 0) is 31.0 Å². The summed E-state index contributed by atoms with van der Waals surface area (Å²) in [7, 11) is 2.78. The number of carbonyl (C=O) groups is 3. The number of fused-ring (bicyclic) bond motifs is 1. The number of rotatable bonds is 4. The predicted octanol–water partition coefficient (Wildman–Crippen LogP) is 2.62. The molecule has 0 aromatic heterocycles. The van der Waals surface area contributed by atoms with Gasteiger partial charge in [0, 0.05) is 30.7 Å². The number of ether oxygens (including phenoxy) is 3. The number of hydrogen-bond donors (Lipinski definition) is 1. The number of methoxy groups -OCH3 is 2. The van der Waals surface area contributed by atoms with Gasteiger partial charge in [-0.3, -0.25) is 9.59 Å². The Kier molecular flexibility index (Phi) is 5.53. The van der Waals surface area contributed by atoms with E-state index in [-0.39, 0.29) is 11.5 Å². The van der Waals surface area contributed by atoms with E-state index in [9.17, 15) is 14.4 Å². The van der Waals surface area contributed by atoms with Crippen molar-refractivity contribution in [3.8, 4) is 11.5 Å². The van der Waals surface area contributed by atoms with Crippen LogP contribution in [0.15, 0.2) is 41.2 Å². The zero-order valence-corrected chi connectivity index (χ0v) is 16.3. The van der Waals surface area contributed by atoms with Crippen molar-refractivity contribution >= 4 is 17.7 Å². The summed E-state index contributed by atoms with van der Waals surface area (Å²) in [5, 5.41) is 3.20. The molecule has 1 heterocycles. The van der Waals surface area contributed by atoms with Crippen molar-refractivity contribution in [1.29, 1.82) is 0 Å². The average Bonchev–Trinajstić information content (AvgIpc) is 2.66. The van der Waals surface area contributed by atoms with Crippen molar-refractivity contribution < 1.29 is 28.6 Å². The number of esters is 2. The number of nitrogens with one attached hydrogen (secondary N) is 1. The molecule has 0 fully saturated rings. The highest BCUT2D eigenvalue weighted by Gasteiger charge is 2.43. The van der Waals surface area contributed by atoms with Crippen LogP contribution in [0.3, 0.4) is 0 Å². The Labute approximate surface area is 163 Å². The van der Waals surface area contributed by atoms with Gasteiger partial charge in [0.05, 0.1) is 25.7 Å². The topological polar surface area (TPSA) is 90.9 Å². The van der Waals surface area contributed by atoms with Crippen LogP contribution in [-0.2, 0) is 19.1 Å². The molecule has 0 saturated carbocycles. The minimum absolute atomic E-state index is 0.0620. The van der Waals surface area contributed by atoms with Crippen molar-refractivity contribution in [2.24, 2.45) is 5.92 Å². The van der Waals surface area contributed by atoms with E-state index in [4.69, 9.17) is 14.2 Å². The van der Waals surface area contributed by atoms with E-state index in [1.807, 2.05) is 6.08 Å². The molecule has 148 valence electrons. The molecule has 0 amide bonds. The first kappa shape index (κ1) is 19.7. The molecule has 1 aromatic carbocycles. The lowest BCUT2D eigenvalue weighted by Crippen LogP contribution is -2.40. The molecule has 0 spiro atoms. The van der Waals surface area contributed by atoms with Gasteiger partial charge in [-0.25, -0.2) is 4.79 Å². The SMILES string of the molecule is COC(=O)C1=C(C)NC2=CCCC(=O)C2C1c1ccc(OC(C)=O)c(OC)c1. The van der Waals surface area contributed by atoms with Crippen LogP contribution < -0.4 is 14.8 Å². The number of hydrogen-bond acceptors (Lipinski definition) is 7. The zero-order valence-electron chi connectivity index (χ0n) is 16.3. The molecule has 0 radical (unpaired) electrons. The van der Waals surface area contributed by atoms with E-state index in [1.165, 1.54) is 21.1 Å². The lowest BCUT2D eigenvalue weighted by atomic mass is 9.71. The number of ketones is 1. The highest BCUT2D eigenvalue weighted by Crippen LogP contribution is 2.45. The summed E-state index contributed by atoms with van der Waals surface area (Å²) >= 11 is 0. The van der Waals surface area contributed by atoms with Crippen LogP contribution in [0, 0.1) is 5.92 Å². The molecule has 1 aliphatic heterocycles. The highest BCUT2D eigenvalue weighted by molar-refractivity contribution is 5.96. The van der Waals surface area contributed by atoms with Crippen LogP contribution in [0.2, 0.25) is 0 Å². The molecule has 2 aliphatic rings. The molecule has 7 heteroatoms. The fraction of sp³-hybridized carbons (Fsp3) is 0.381. The Bertz CT molecular complexity index is 898. The molecule has 2 unspecified atom stereocenters. The molecule has 1 aromatic rings. The van der Waals surface area contributed by atoms with Gasteiger partial charge in [0.25, 0.3) is 0 Å². The first-order valence-electron chi connectivity index (χ1n) is 9.02. The molecule has 1 N–H and O–H groups in total. The fourth-order valence-corrected chi connectivity index (χ4v) is 3.87. The van der Waals surface area contributed by atoms with Gasteiger partial charge in [-0.15, -0.1) is 0 Å². The summed E-state index contributed by atoms with van der Waals surface area (Å²) in [5.41, 5.74) is 2.56. The summed E-state index contributed by atoms with van der Waals surface area (Å²) in [5.74, 6) is -1.29. The lowest BCUT2D eigenvalue weighted by molar-refractivity contribution is -0.137.